The first-order valence-electron chi connectivity index (χ1n) is 10.0. The quantitative estimate of drug-likeness (QED) is 0.410. The maximum absolute atomic E-state index is 12.8. The van der Waals surface area contributed by atoms with Crippen molar-refractivity contribution < 1.29 is 29.0 Å². The topological polar surface area (TPSA) is 93.1 Å². The number of carbonyl (C=O) groups excluding carboxylic acids is 2. The van der Waals surface area contributed by atoms with Crippen LogP contribution in [0.25, 0.3) is 6.08 Å². The lowest BCUT2D eigenvalue weighted by Crippen LogP contribution is -2.27. The van der Waals surface area contributed by atoms with Gasteiger partial charge in [-0.2, -0.15) is 0 Å². The Kier molecular flexibility index (Phi) is 6.90. The van der Waals surface area contributed by atoms with E-state index in [0.717, 1.165) is 16.7 Å². The van der Waals surface area contributed by atoms with Crippen molar-refractivity contribution in [3.63, 3.8) is 0 Å². The first-order chi connectivity index (χ1) is 16.4. The number of anilines is 1. The smallest absolute Gasteiger partial charge is 0.335 e. The molecule has 2 amide bonds. The minimum absolute atomic E-state index is 0.150. The van der Waals surface area contributed by atoms with Crippen LogP contribution in [0.4, 0.5) is 10.5 Å². The third kappa shape index (κ3) is 5.08. The Morgan fingerprint density at radius 2 is 1.82 bits per heavy atom. The van der Waals surface area contributed by atoms with Gasteiger partial charge in [0.1, 0.15) is 6.61 Å². The number of benzene rings is 3. The predicted molar refractivity (Wildman–Crippen MR) is 131 cm³/mol. The second kappa shape index (κ2) is 10.0. The Morgan fingerprint density at radius 3 is 2.53 bits per heavy atom. The highest BCUT2D eigenvalue weighted by atomic mass is 35.5. The molecule has 0 saturated carbocycles. The Morgan fingerprint density at radius 1 is 1.06 bits per heavy atom. The van der Waals surface area contributed by atoms with Crippen LogP contribution in [-0.2, 0) is 11.4 Å². The van der Waals surface area contributed by atoms with Crippen LogP contribution >= 0.6 is 23.4 Å². The van der Waals surface area contributed by atoms with Crippen molar-refractivity contribution in [2.24, 2.45) is 0 Å². The lowest BCUT2D eigenvalue weighted by molar-refractivity contribution is -0.113. The van der Waals surface area contributed by atoms with E-state index in [-0.39, 0.29) is 17.1 Å². The molecule has 1 heterocycles. The standard InChI is InChI=1S/C25H18ClNO6S/c1-32-21-12-15(5-10-20(21)33-14-16-3-2-4-17(11-16)24(29)30)13-22-23(28)27(25(31)34-22)19-8-6-18(26)7-9-19/h2-13H,14H2,1H3,(H,29,30)/b22-13+. The maximum Gasteiger partial charge on any atom is 0.335 e. The number of carboxylic acid groups (broad SMARTS) is 1. The summed E-state index contributed by atoms with van der Waals surface area (Å²) in [5.74, 6) is -0.547. The van der Waals surface area contributed by atoms with Crippen molar-refractivity contribution in [1.82, 2.24) is 0 Å². The molecule has 4 rings (SSSR count). The van der Waals surface area contributed by atoms with Gasteiger partial charge in [0.15, 0.2) is 11.5 Å². The van der Waals surface area contributed by atoms with E-state index in [2.05, 4.69) is 0 Å². The average Bonchev–Trinajstić information content (AvgIpc) is 3.11. The Balaban J connectivity index is 1.51. The number of carboxylic acids is 1. The van der Waals surface area contributed by atoms with Gasteiger partial charge in [-0.15, -0.1) is 0 Å². The van der Waals surface area contributed by atoms with Gasteiger partial charge in [-0.3, -0.25) is 9.59 Å². The molecular formula is C25H18ClNO6S. The highest BCUT2D eigenvalue weighted by Crippen LogP contribution is 2.37. The fraction of sp³-hybridized carbons (Fsp3) is 0.0800. The highest BCUT2D eigenvalue weighted by molar-refractivity contribution is 8.19. The molecule has 0 aliphatic carbocycles. The fourth-order valence-electron chi connectivity index (χ4n) is 3.28. The molecule has 1 saturated heterocycles. The summed E-state index contributed by atoms with van der Waals surface area (Å²) in [6.45, 7) is 0.150. The number of halogens is 1. The zero-order chi connectivity index (χ0) is 24.2. The number of hydrogen-bond acceptors (Lipinski definition) is 6. The lowest BCUT2D eigenvalue weighted by atomic mass is 10.1. The summed E-state index contributed by atoms with van der Waals surface area (Å²) in [5, 5.41) is 9.25. The van der Waals surface area contributed by atoms with Gasteiger partial charge >= 0.3 is 5.97 Å². The molecule has 3 aromatic rings. The monoisotopic (exact) mass is 495 g/mol. The summed E-state index contributed by atoms with van der Waals surface area (Å²) in [4.78, 5) is 37.8. The molecule has 1 aliphatic rings. The first kappa shape index (κ1) is 23.4. The summed E-state index contributed by atoms with van der Waals surface area (Å²) in [6, 6.07) is 18.1. The number of ether oxygens (including phenoxy) is 2. The molecule has 1 aliphatic heterocycles. The lowest BCUT2D eigenvalue weighted by Gasteiger charge is -2.12. The predicted octanol–water partition coefficient (Wildman–Crippen LogP) is 5.87. The van der Waals surface area contributed by atoms with Crippen molar-refractivity contribution in [3.8, 4) is 11.5 Å². The second-order valence-corrected chi connectivity index (χ2v) is 8.63. The van der Waals surface area contributed by atoms with E-state index < -0.39 is 17.1 Å². The number of thioether (sulfide) groups is 1. The number of rotatable bonds is 7. The van der Waals surface area contributed by atoms with E-state index in [1.807, 2.05) is 0 Å². The van der Waals surface area contributed by atoms with E-state index >= 15 is 0 Å². The molecule has 7 nitrogen and oxygen atoms in total. The fourth-order valence-corrected chi connectivity index (χ4v) is 4.25. The molecule has 0 bridgehead atoms. The Labute approximate surface area is 204 Å². The van der Waals surface area contributed by atoms with Gasteiger partial charge in [0.25, 0.3) is 11.1 Å². The summed E-state index contributed by atoms with van der Waals surface area (Å²) >= 11 is 6.74. The number of imide groups is 1. The summed E-state index contributed by atoms with van der Waals surface area (Å²) < 4.78 is 11.2. The molecule has 0 aromatic heterocycles. The van der Waals surface area contributed by atoms with Crippen LogP contribution in [-0.4, -0.2) is 29.3 Å². The van der Waals surface area contributed by atoms with Gasteiger partial charge in [-0.1, -0.05) is 29.8 Å². The molecule has 0 spiro atoms. The molecule has 0 atom stereocenters. The molecule has 1 N–H and O–H groups in total. The number of amides is 2. The number of aromatic carboxylic acids is 1. The third-order valence-corrected chi connectivity index (χ3v) is 6.05. The Bertz CT molecular complexity index is 1310. The zero-order valence-electron chi connectivity index (χ0n) is 17.9. The van der Waals surface area contributed by atoms with Gasteiger partial charge in [0.2, 0.25) is 0 Å². The molecule has 0 unspecified atom stereocenters. The number of methoxy groups -OCH3 is 1. The minimum Gasteiger partial charge on any atom is -0.493 e. The largest absolute Gasteiger partial charge is 0.493 e. The van der Waals surface area contributed by atoms with Gasteiger partial charge in [0, 0.05) is 5.02 Å². The van der Waals surface area contributed by atoms with Crippen LogP contribution in [0.15, 0.2) is 71.6 Å². The molecule has 172 valence electrons. The van der Waals surface area contributed by atoms with E-state index in [9.17, 15) is 14.4 Å². The van der Waals surface area contributed by atoms with Crippen molar-refractivity contribution >= 4 is 52.2 Å². The maximum atomic E-state index is 12.8. The van der Waals surface area contributed by atoms with Crippen LogP contribution in [0.5, 0.6) is 11.5 Å². The van der Waals surface area contributed by atoms with E-state index in [0.29, 0.717) is 33.3 Å². The molecule has 3 aromatic carbocycles. The zero-order valence-corrected chi connectivity index (χ0v) is 19.4. The third-order valence-electron chi connectivity index (χ3n) is 4.93. The van der Waals surface area contributed by atoms with Crippen LogP contribution in [0.2, 0.25) is 5.02 Å². The average molecular weight is 496 g/mol. The normalized spacial score (nSPS) is 14.5. The summed E-state index contributed by atoms with van der Waals surface area (Å²) in [5.41, 5.74) is 1.97. The van der Waals surface area contributed by atoms with Crippen LogP contribution < -0.4 is 14.4 Å². The van der Waals surface area contributed by atoms with Crippen LogP contribution in [0.1, 0.15) is 21.5 Å². The van der Waals surface area contributed by atoms with E-state index in [1.165, 1.54) is 13.2 Å². The first-order valence-corrected chi connectivity index (χ1v) is 11.2. The molecule has 1 fully saturated rings. The number of nitrogens with zero attached hydrogens (tertiary/aromatic N) is 1. The van der Waals surface area contributed by atoms with Gasteiger partial charge in [0.05, 0.1) is 23.3 Å². The molecule has 9 heteroatoms. The summed E-state index contributed by atoms with van der Waals surface area (Å²) in [6.07, 6.45) is 1.61. The van der Waals surface area contributed by atoms with Crippen molar-refractivity contribution in [2.75, 3.05) is 12.0 Å². The Hall–Kier alpha value is -3.75. The SMILES string of the molecule is COc1cc(/C=C2/SC(=O)N(c3ccc(Cl)cc3)C2=O)ccc1OCc1cccc(C(=O)O)c1. The van der Waals surface area contributed by atoms with E-state index in [4.69, 9.17) is 26.2 Å². The molecule has 34 heavy (non-hydrogen) atoms. The van der Waals surface area contributed by atoms with Gasteiger partial charge in [-0.05, 0) is 77.5 Å². The van der Waals surface area contributed by atoms with Gasteiger partial charge in [-0.25, -0.2) is 9.69 Å². The highest BCUT2D eigenvalue weighted by Gasteiger charge is 2.36. The van der Waals surface area contributed by atoms with Crippen molar-refractivity contribution in [3.05, 3.63) is 93.3 Å². The van der Waals surface area contributed by atoms with Crippen molar-refractivity contribution in [2.45, 2.75) is 6.61 Å². The minimum atomic E-state index is -1.01. The van der Waals surface area contributed by atoms with Crippen molar-refractivity contribution in [1.29, 1.82) is 0 Å². The van der Waals surface area contributed by atoms with E-state index in [1.54, 1.807) is 66.7 Å². The molecular weight excluding hydrogens is 478 g/mol. The molecule has 0 radical (unpaired) electrons. The number of hydrogen-bond donors (Lipinski definition) is 1. The van der Waals surface area contributed by atoms with Crippen LogP contribution in [0, 0.1) is 0 Å². The second-order valence-electron chi connectivity index (χ2n) is 7.20. The van der Waals surface area contributed by atoms with Gasteiger partial charge < -0.3 is 14.6 Å². The van der Waals surface area contributed by atoms with Crippen LogP contribution in [0.3, 0.4) is 0 Å². The summed E-state index contributed by atoms with van der Waals surface area (Å²) in [7, 11) is 1.49. The number of carbonyl (C=O) groups is 3.